The number of hydrogen-bond donors (Lipinski definition) is 0. The number of fused-ring (bicyclic) bond motifs is 2. The van der Waals surface area contributed by atoms with E-state index in [2.05, 4.69) is 27.1 Å². The molecular formula is C20H17BrN2O2. The highest BCUT2D eigenvalue weighted by Gasteiger charge is 2.15. The number of hydrogen-bond acceptors (Lipinski definition) is 3. The predicted octanol–water partition coefficient (Wildman–Crippen LogP) is 5.11. The largest absolute Gasteiger partial charge is 0.455 e. The maximum atomic E-state index is 13.0. The molecule has 0 radical (unpaired) electrons. The van der Waals surface area contributed by atoms with Crippen molar-refractivity contribution in [3.8, 4) is 11.1 Å². The Labute approximate surface area is 153 Å². The quantitative estimate of drug-likeness (QED) is 0.349. The zero-order valence-electron chi connectivity index (χ0n) is 14.2. The van der Waals surface area contributed by atoms with Crippen LogP contribution in [0.2, 0.25) is 0 Å². The molecule has 0 saturated heterocycles. The molecule has 25 heavy (non-hydrogen) atoms. The van der Waals surface area contributed by atoms with Crippen LogP contribution in [0.5, 0.6) is 0 Å². The Morgan fingerprint density at radius 1 is 1.16 bits per heavy atom. The van der Waals surface area contributed by atoms with Crippen LogP contribution in [0.3, 0.4) is 0 Å². The molecule has 0 fully saturated rings. The van der Waals surface area contributed by atoms with Gasteiger partial charge < -0.3 is 4.42 Å². The van der Waals surface area contributed by atoms with Gasteiger partial charge in [0, 0.05) is 29.2 Å². The van der Waals surface area contributed by atoms with Crippen molar-refractivity contribution in [3.05, 3.63) is 64.1 Å². The molecule has 0 N–H and O–H groups in total. The SMILES string of the molecule is Cc1cc(C(C)Br)c2oc3cc(-c4cnn(C)c4)ccc3c(=O)c2c1. The number of halogens is 1. The van der Waals surface area contributed by atoms with Crippen molar-refractivity contribution in [2.45, 2.75) is 18.7 Å². The minimum atomic E-state index is 0.00656. The molecule has 4 aromatic rings. The third-order valence-corrected chi connectivity index (χ3v) is 4.90. The van der Waals surface area contributed by atoms with Crippen molar-refractivity contribution >= 4 is 37.9 Å². The first kappa shape index (κ1) is 16.1. The first-order valence-corrected chi connectivity index (χ1v) is 9.00. The van der Waals surface area contributed by atoms with E-state index in [-0.39, 0.29) is 10.3 Å². The van der Waals surface area contributed by atoms with E-state index in [9.17, 15) is 4.79 Å². The van der Waals surface area contributed by atoms with Crippen molar-refractivity contribution in [2.75, 3.05) is 0 Å². The summed E-state index contributed by atoms with van der Waals surface area (Å²) in [6.07, 6.45) is 3.74. The van der Waals surface area contributed by atoms with Gasteiger partial charge in [0.2, 0.25) is 5.43 Å². The molecule has 2 aromatic carbocycles. The molecular weight excluding hydrogens is 380 g/mol. The average Bonchev–Trinajstić information content (AvgIpc) is 3.01. The van der Waals surface area contributed by atoms with Crippen molar-refractivity contribution in [1.29, 1.82) is 0 Å². The molecule has 4 nitrogen and oxygen atoms in total. The predicted molar refractivity (Wildman–Crippen MR) is 104 cm³/mol. The summed E-state index contributed by atoms with van der Waals surface area (Å²) in [4.78, 5) is 13.1. The zero-order valence-corrected chi connectivity index (χ0v) is 15.8. The highest BCUT2D eigenvalue weighted by atomic mass is 79.9. The van der Waals surface area contributed by atoms with Crippen LogP contribution in [0.15, 0.2) is 51.9 Å². The number of benzene rings is 2. The van der Waals surface area contributed by atoms with Crippen molar-refractivity contribution < 1.29 is 4.42 Å². The molecule has 0 aliphatic rings. The molecule has 1 unspecified atom stereocenters. The van der Waals surface area contributed by atoms with Gasteiger partial charge in [0.1, 0.15) is 11.2 Å². The van der Waals surface area contributed by atoms with E-state index in [0.717, 1.165) is 22.3 Å². The summed E-state index contributed by atoms with van der Waals surface area (Å²) in [5.41, 5.74) is 5.25. The van der Waals surface area contributed by atoms with Gasteiger partial charge >= 0.3 is 0 Å². The third kappa shape index (κ3) is 2.68. The molecule has 0 spiro atoms. The molecule has 2 aromatic heterocycles. The molecule has 1 atom stereocenters. The maximum Gasteiger partial charge on any atom is 0.200 e. The Morgan fingerprint density at radius 3 is 2.64 bits per heavy atom. The Morgan fingerprint density at radius 2 is 1.96 bits per heavy atom. The normalized spacial score (nSPS) is 12.8. The molecule has 0 aliphatic carbocycles. The molecule has 126 valence electrons. The second kappa shape index (κ2) is 5.85. The number of nitrogens with zero attached hydrogens (tertiary/aromatic N) is 2. The first-order chi connectivity index (χ1) is 11.9. The Hall–Kier alpha value is -2.40. The number of aryl methyl sites for hydroxylation is 2. The topological polar surface area (TPSA) is 48.0 Å². The van der Waals surface area contributed by atoms with Gasteiger partial charge in [-0.1, -0.05) is 28.1 Å². The Balaban J connectivity index is 2.06. The van der Waals surface area contributed by atoms with Gasteiger partial charge in [-0.15, -0.1) is 0 Å². The fourth-order valence-electron chi connectivity index (χ4n) is 3.18. The highest BCUT2D eigenvalue weighted by molar-refractivity contribution is 9.09. The van der Waals surface area contributed by atoms with Gasteiger partial charge in [-0.3, -0.25) is 9.48 Å². The zero-order chi connectivity index (χ0) is 17.7. The first-order valence-electron chi connectivity index (χ1n) is 8.08. The summed E-state index contributed by atoms with van der Waals surface area (Å²) in [7, 11) is 1.88. The maximum absolute atomic E-state index is 13.0. The van der Waals surface area contributed by atoms with Gasteiger partial charge in [-0.25, -0.2) is 0 Å². The van der Waals surface area contributed by atoms with Gasteiger partial charge in [0.25, 0.3) is 0 Å². The van der Waals surface area contributed by atoms with Crippen LogP contribution in [0.25, 0.3) is 33.1 Å². The van der Waals surface area contributed by atoms with Crippen LogP contribution < -0.4 is 5.43 Å². The van der Waals surface area contributed by atoms with Crippen LogP contribution in [0.1, 0.15) is 22.9 Å². The summed E-state index contributed by atoms with van der Waals surface area (Å²) >= 11 is 3.61. The van der Waals surface area contributed by atoms with E-state index in [4.69, 9.17) is 4.42 Å². The second-order valence-corrected chi connectivity index (χ2v) is 7.77. The fourth-order valence-corrected chi connectivity index (χ4v) is 3.52. The fraction of sp³-hybridized carbons (Fsp3) is 0.200. The number of alkyl halides is 1. The summed E-state index contributed by atoms with van der Waals surface area (Å²) in [5, 5.41) is 5.43. The lowest BCUT2D eigenvalue weighted by Crippen LogP contribution is -2.04. The standard InChI is InChI=1S/C20H17BrN2O2/c1-11-6-16(12(2)21)20-17(7-11)19(24)15-5-4-13(8-18(15)25-20)14-9-22-23(3)10-14/h4-10,12H,1-3H3. The van der Waals surface area contributed by atoms with Crippen LogP contribution in [0.4, 0.5) is 0 Å². The Kier molecular flexibility index (Phi) is 3.76. The van der Waals surface area contributed by atoms with E-state index in [0.29, 0.717) is 21.9 Å². The van der Waals surface area contributed by atoms with Crippen molar-refractivity contribution in [3.63, 3.8) is 0 Å². The summed E-state index contributed by atoms with van der Waals surface area (Å²) in [6, 6.07) is 9.64. The molecule has 0 amide bonds. The number of rotatable bonds is 2. The van der Waals surface area contributed by atoms with Gasteiger partial charge in [0.15, 0.2) is 0 Å². The third-order valence-electron chi connectivity index (χ3n) is 4.41. The van der Waals surface area contributed by atoms with E-state index >= 15 is 0 Å². The Bertz CT molecular complexity index is 1170. The molecule has 0 bridgehead atoms. The minimum absolute atomic E-state index is 0.00656. The van der Waals surface area contributed by atoms with Gasteiger partial charge in [0.05, 0.1) is 17.0 Å². The lowest BCUT2D eigenvalue weighted by atomic mass is 10.0. The van der Waals surface area contributed by atoms with Gasteiger partial charge in [-0.05, 0) is 43.2 Å². The van der Waals surface area contributed by atoms with Crippen LogP contribution >= 0.6 is 15.9 Å². The molecule has 0 saturated carbocycles. The summed E-state index contributed by atoms with van der Waals surface area (Å²) in [6.45, 7) is 4.03. The summed E-state index contributed by atoms with van der Waals surface area (Å²) in [5.74, 6) is 0. The van der Waals surface area contributed by atoms with E-state index in [1.807, 2.05) is 51.4 Å². The molecule has 5 heteroatoms. The number of aromatic nitrogens is 2. The van der Waals surface area contributed by atoms with E-state index < -0.39 is 0 Å². The van der Waals surface area contributed by atoms with Crippen LogP contribution in [-0.4, -0.2) is 9.78 Å². The van der Waals surface area contributed by atoms with Gasteiger partial charge in [-0.2, -0.15) is 5.10 Å². The van der Waals surface area contributed by atoms with E-state index in [1.54, 1.807) is 10.9 Å². The minimum Gasteiger partial charge on any atom is -0.455 e. The van der Waals surface area contributed by atoms with E-state index in [1.165, 1.54) is 0 Å². The monoisotopic (exact) mass is 396 g/mol. The lowest BCUT2D eigenvalue weighted by Gasteiger charge is -2.11. The molecule has 0 aliphatic heterocycles. The molecule has 4 rings (SSSR count). The van der Waals surface area contributed by atoms with Crippen molar-refractivity contribution in [1.82, 2.24) is 9.78 Å². The average molecular weight is 397 g/mol. The van der Waals surface area contributed by atoms with Crippen LogP contribution in [-0.2, 0) is 7.05 Å². The lowest BCUT2D eigenvalue weighted by molar-refractivity contribution is 0.654. The summed E-state index contributed by atoms with van der Waals surface area (Å²) < 4.78 is 7.94. The highest BCUT2D eigenvalue weighted by Crippen LogP contribution is 2.32. The smallest absolute Gasteiger partial charge is 0.200 e. The van der Waals surface area contributed by atoms with Crippen LogP contribution in [0, 0.1) is 6.92 Å². The van der Waals surface area contributed by atoms with Crippen molar-refractivity contribution in [2.24, 2.45) is 7.05 Å². The molecule has 2 heterocycles. The second-order valence-electron chi connectivity index (χ2n) is 6.39.